The molecule has 0 aliphatic carbocycles. The van der Waals surface area contributed by atoms with Gasteiger partial charge >= 0.3 is 5.97 Å². The van der Waals surface area contributed by atoms with Crippen molar-refractivity contribution in [3.8, 4) is 0 Å². The summed E-state index contributed by atoms with van der Waals surface area (Å²) in [4.78, 5) is 27.4. The minimum Gasteiger partial charge on any atom is -0.453 e. The molecule has 2 unspecified atom stereocenters. The summed E-state index contributed by atoms with van der Waals surface area (Å²) in [6, 6.07) is 0. The van der Waals surface area contributed by atoms with E-state index in [4.69, 9.17) is 4.74 Å². The number of methoxy groups -OCH3 is 1. The van der Waals surface area contributed by atoms with Gasteiger partial charge in [-0.1, -0.05) is 6.92 Å². The topological polar surface area (TPSA) is 65.0 Å². The van der Waals surface area contributed by atoms with Crippen molar-refractivity contribution in [1.82, 2.24) is 0 Å². The first kappa shape index (κ1) is 17.8. The molecule has 0 radical (unpaired) electrons. The zero-order valence-corrected chi connectivity index (χ0v) is 12.7. The SMILES string of the molecule is COCC(=O)OC(C)C(=O)CC(C)C=NC(C)(C)C. The van der Waals surface area contributed by atoms with Crippen molar-refractivity contribution in [3.63, 3.8) is 0 Å². The van der Waals surface area contributed by atoms with Gasteiger partial charge in [-0.15, -0.1) is 0 Å². The largest absolute Gasteiger partial charge is 0.453 e. The highest BCUT2D eigenvalue weighted by Gasteiger charge is 2.19. The van der Waals surface area contributed by atoms with Crippen molar-refractivity contribution in [2.45, 2.75) is 52.7 Å². The first-order valence-electron chi connectivity index (χ1n) is 6.42. The summed E-state index contributed by atoms with van der Waals surface area (Å²) in [5, 5.41) is 0. The summed E-state index contributed by atoms with van der Waals surface area (Å²) >= 11 is 0. The number of carbonyl (C=O) groups excluding carboxylic acids is 2. The predicted octanol–water partition coefficient (Wildman–Crippen LogP) is 2.03. The molecule has 0 saturated heterocycles. The minimum atomic E-state index is -0.742. The molecular formula is C14H25NO4. The van der Waals surface area contributed by atoms with Crippen molar-refractivity contribution in [2.24, 2.45) is 10.9 Å². The number of hydrogen-bond acceptors (Lipinski definition) is 5. The van der Waals surface area contributed by atoms with E-state index in [1.54, 1.807) is 13.1 Å². The monoisotopic (exact) mass is 271 g/mol. The molecule has 0 spiro atoms. The van der Waals surface area contributed by atoms with E-state index < -0.39 is 12.1 Å². The highest BCUT2D eigenvalue weighted by atomic mass is 16.6. The number of carbonyl (C=O) groups is 2. The summed E-state index contributed by atoms with van der Waals surface area (Å²) in [7, 11) is 1.40. The smallest absolute Gasteiger partial charge is 0.332 e. The summed E-state index contributed by atoms with van der Waals surface area (Å²) < 4.78 is 9.58. The van der Waals surface area contributed by atoms with Crippen molar-refractivity contribution in [3.05, 3.63) is 0 Å². The molecule has 19 heavy (non-hydrogen) atoms. The lowest BCUT2D eigenvalue weighted by Gasteiger charge is -2.15. The van der Waals surface area contributed by atoms with Gasteiger partial charge in [0, 0.05) is 19.7 Å². The lowest BCUT2D eigenvalue weighted by molar-refractivity contribution is -0.157. The van der Waals surface area contributed by atoms with Crippen LogP contribution in [0.2, 0.25) is 0 Å². The molecule has 0 heterocycles. The fraction of sp³-hybridized carbons (Fsp3) is 0.786. The molecule has 0 saturated carbocycles. The Balaban J connectivity index is 4.22. The van der Waals surface area contributed by atoms with Gasteiger partial charge in [0.2, 0.25) is 0 Å². The van der Waals surface area contributed by atoms with Crippen LogP contribution >= 0.6 is 0 Å². The molecule has 0 amide bonds. The first-order valence-corrected chi connectivity index (χ1v) is 6.42. The molecule has 2 atom stereocenters. The number of ketones is 1. The van der Waals surface area contributed by atoms with Crippen LogP contribution in [0.5, 0.6) is 0 Å². The third-order valence-corrected chi connectivity index (χ3v) is 2.26. The zero-order chi connectivity index (χ0) is 15.1. The molecule has 0 N–H and O–H groups in total. The van der Waals surface area contributed by atoms with E-state index >= 15 is 0 Å². The highest BCUT2D eigenvalue weighted by molar-refractivity contribution is 5.87. The van der Waals surface area contributed by atoms with E-state index in [-0.39, 0.29) is 23.8 Å². The van der Waals surface area contributed by atoms with Crippen LogP contribution in [0.1, 0.15) is 41.0 Å². The van der Waals surface area contributed by atoms with E-state index in [9.17, 15) is 9.59 Å². The Bertz CT molecular complexity index is 331. The van der Waals surface area contributed by atoms with E-state index in [1.807, 2.05) is 27.7 Å². The molecule has 0 aliphatic heterocycles. The highest BCUT2D eigenvalue weighted by Crippen LogP contribution is 2.09. The Morgan fingerprint density at radius 1 is 1.26 bits per heavy atom. The fourth-order valence-electron chi connectivity index (χ4n) is 1.30. The van der Waals surface area contributed by atoms with Crippen LogP contribution in [0.4, 0.5) is 0 Å². The van der Waals surface area contributed by atoms with Crippen LogP contribution < -0.4 is 0 Å². The Morgan fingerprint density at radius 2 is 1.84 bits per heavy atom. The number of aliphatic imine (C=N–C) groups is 1. The Kier molecular flexibility index (Phi) is 7.52. The molecule has 0 aromatic carbocycles. The van der Waals surface area contributed by atoms with Crippen LogP contribution in [-0.2, 0) is 19.1 Å². The van der Waals surface area contributed by atoms with Gasteiger partial charge in [-0.3, -0.25) is 9.79 Å². The van der Waals surface area contributed by atoms with Gasteiger partial charge in [0.05, 0.1) is 5.54 Å². The fourth-order valence-corrected chi connectivity index (χ4v) is 1.30. The van der Waals surface area contributed by atoms with Crippen LogP contribution in [0.15, 0.2) is 4.99 Å². The third kappa shape index (κ3) is 9.36. The Labute approximate surface area is 115 Å². The number of hydrogen-bond donors (Lipinski definition) is 0. The summed E-state index contributed by atoms with van der Waals surface area (Å²) in [6.45, 7) is 9.33. The van der Waals surface area contributed by atoms with Gasteiger partial charge in [-0.2, -0.15) is 0 Å². The van der Waals surface area contributed by atoms with Crippen LogP contribution in [0, 0.1) is 5.92 Å². The average molecular weight is 271 g/mol. The molecule has 0 aromatic rings. The quantitative estimate of drug-likeness (QED) is 0.525. The Hall–Kier alpha value is -1.23. The molecule has 0 aliphatic rings. The molecule has 0 rings (SSSR count). The van der Waals surface area contributed by atoms with Gasteiger partial charge < -0.3 is 9.47 Å². The zero-order valence-electron chi connectivity index (χ0n) is 12.7. The number of Topliss-reactive ketones (excluding diaryl/α,β-unsaturated/α-hetero) is 1. The lowest BCUT2D eigenvalue weighted by Crippen LogP contribution is -2.27. The second kappa shape index (κ2) is 8.04. The Morgan fingerprint density at radius 3 is 2.32 bits per heavy atom. The van der Waals surface area contributed by atoms with Gasteiger partial charge in [0.25, 0.3) is 0 Å². The molecule has 110 valence electrons. The minimum absolute atomic E-state index is 0.0234. The maximum Gasteiger partial charge on any atom is 0.332 e. The number of rotatable bonds is 7. The van der Waals surface area contributed by atoms with Crippen molar-refractivity contribution < 1.29 is 19.1 Å². The van der Waals surface area contributed by atoms with Gasteiger partial charge in [-0.05, 0) is 33.6 Å². The van der Waals surface area contributed by atoms with Gasteiger partial charge in [-0.25, -0.2) is 4.79 Å². The van der Waals surface area contributed by atoms with Crippen LogP contribution in [0.25, 0.3) is 0 Å². The second-order valence-electron chi connectivity index (χ2n) is 5.66. The molecule has 0 aromatic heterocycles. The summed E-state index contributed by atoms with van der Waals surface area (Å²) in [6.07, 6.45) is 1.34. The van der Waals surface area contributed by atoms with E-state index in [0.717, 1.165) is 0 Å². The van der Waals surface area contributed by atoms with Crippen LogP contribution in [-0.4, -0.2) is 43.3 Å². The van der Waals surface area contributed by atoms with E-state index in [0.29, 0.717) is 6.42 Å². The second-order valence-corrected chi connectivity index (χ2v) is 5.66. The third-order valence-electron chi connectivity index (χ3n) is 2.26. The summed E-state index contributed by atoms with van der Waals surface area (Å²) in [5.74, 6) is -0.619. The number of nitrogens with zero attached hydrogens (tertiary/aromatic N) is 1. The molecule has 0 bridgehead atoms. The maximum absolute atomic E-state index is 11.8. The lowest BCUT2D eigenvalue weighted by atomic mass is 10.0. The summed E-state index contributed by atoms with van der Waals surface area (Å²) in [5.41, 5.74) is -0.145. The maximum atomic E-state index is 11.8. The normalized spacial score (nSPS) is 15.3. The first-order chi connectivity index (χ1) is 8.65. The number of ether oxygens (including phenoxy) is 2. The molecular weight excluding hydrogens is 246 g/mol. The van der Waals surface area contributed by atoms with E-state index in [1.165, 1.54) is 7.11 Å². The molecule has 0 fully saturated rings. The molecule has 5 nitrogen and oxygen atoms in total. The van der Waals surface area contributed by atoms with Gasteiger partial charge in [0.15, 0.2) is 11.9 Å². The van der Waals surface area contributed by atoms with Crippen molar-refractivity contribution >= 4 is 18.0 Å². The van der Waals surface area contributed by atoms with Crippen LogP contribution in [0.3, 0.4) is 0 Å². The number of esters is 1. The predicted molar refractivity (Wildman–Crippen MR) is 74.5 cm³/mol. The van der Waals surface area contributed by atoms with E-state index in [2.05, 4.69) is 9.73 Å². The molecule has 5 heteroatoms. The van der Waals surface area contributed by atoms with Gasteiger partial charge in [0.1, 0.15) is 6.61 Å². The van der Waals surface area contributed by atoms with Crippen molar-refractivity contribution in [2.75, 3.05) is 13.7 Å². The van der Waals surface area contributed by atoms with Crippen molar-refractivity contribution in [1.29, 1.82) is 0 Å². The standard InChI is InChI=1S/C14H25NO4/c1-10(8-15-14(3,4)5)7-12(16)11(2)19-13(17)9-18-6/h8,10-11H,7,9H2,1-6H3. The average Bonchev–Trinajstić information content (AvgIpc) is 2.25.